The van der Waals surface area contributed by atoms with Gasteiger partial charge in [-0.2, -0.15) is 0 Å². The maximum atomic E-state index is 9.28. The molecule has 4 N–H and O–H groups in total. The van der Waals surface area contributed by atoms with Crippen LogP contribution in [-0.4, -0.2) is 51.9 Å². The molecule has 1 fully saturated rings. The lowest BCUT2D eigenvalue weighted by Gasteiger charge is -2.13. The van der Waals surface area contributed by atoms with Crippen molar-refractivity contribution in [2.24, 2.45) is 5.73 Å². The van der Waals surface area contributed by atoms with Gasteiger partial charge in [-0.3, -0.25) is 4.90 Å². The molecule has 0 saturated carbocycles. The summed E-state index contributed by atoms with van der Waals surface area (Å²) in [6.07, 6.45) is 1.62. The zero-order chi connectivity index (χ0) is 10.6. The summed E-state index contributed by atoms with van der Waals surface area (Å²) in [5.74, 6) is 0. The third-order valence-corrected chi connectivity index (χ3v) is 2.69. The Morgan fingerprint density at radius 1 is 1.29 bits per heavy atom. The number of aliphatic hydroxyl groups is 2. The Morgan fingerprint density at radius 3 is 2.36 bits per heavy atom. The number of hydrogen-bond donors (Lipinski definition) is 3. The first-order valence-electron chi connectivity index (χ1n) is 4.96. The van der Waals surface area contributed by atoms with Gasteiger partial charge in [0, 0.05) is 13.1 Å². The molecule has 2 atom stereocenters. The zero-order valence-corrected chi connectivity index (χ0v) is 9.04. The number of unbranched alkanes of at least 4 members (excludes halogenated alkanes) is 1. The standard InChI is InChI=1S/C9H18N2O2S/c10-9(14)3-1-2-4-11-5-7(12)8(13)6-11/h7-8,12-13H,1-6H2,(H2,10,14). The number of hydrogen-bond acceptors (Lipinski definition) is 4. The van der Waals surface area contributed by atoms with Crippen LogP contribution in [0.3, 0.4) is 0 Å². The van der Waals surface area contributed by atoms with E-state index in [2.05, 4.69) is 4.90 Å². The highest BCUT2D eigenvalue weighted by Gasteiger charge is 2.28. The minimum absolute atomic E-state index is 0.562. The lowest BCUT2D eigenvalue weighted by molar-refractivity contribution is 0.0572. The van der Waals surface area contributed by atoms with E-state index in [1.54, 1.807) is 0 Å². The van der Waals surface area contributed by atoms with E-state index in [0.717, 1.165) is 25.8 Å². The minimum atomic E-state index is -0.578. The van der Waals surface area contributed by atoms with Crippen molar-refractivity contribution in [1.82, 2.24) is 4.90 Å². The van der Waals surface area contributed by atoms with Crippen LogP contribution < -0.4 is 5.73 Å². The third kappa shape index (κ3) is 3.88. The molecule has 0 aromatic rings. The summed E-state index contributed by atoms with van der Waals surface area (Å²) >= 11 is 4.77. The molecule has 0 aliphatic carbocycles. The molecule has 0 amide bonds. The van der Waals surface area contributed by atoms with Crippen LogP contribution in [0.15, 0.2) is 0 Å². The summed E-state index contributed by atoms with van der Waals surface area (Å²) in [7, 11) is 0. The molecule has 0 aromatic heterocycles. The fourth-order valence-corrected chi connectivity index (χ4v) is 1.81. The SMILES string of the molecule is NC(=S)CCCCN1CC(O)C(O)C1. The van der Waals surface area contributed by atoms with Crippen molar-refractivity contribution in [1.29, 1.82) is 0 Å². The number of rotatable bonds is 5. The van der Waals surface area contributed by atoms with Gasteiger partial charge in [0.1, 0.15) is 0 Å². The van der Waals surface area contributed by atoms with Crippen LogP contribution in [0.5, 0.6) is 0 Å². The minimum Gasteiger partial charge on any atom is -0.393 e. The van der Waals surface area contributed by atoms with E-state index in [-0.39, 0.29) is 0 Å². The van der Waals surface area contributed by atoms with Crippen molar-refractivity contribution in [3.63, 3.8) is 0 Å². The summed E-state index contributed by atoms with van der Waals surface area (Å²) in [6, 6.07) is 0. The van der Waals surface area contributed by atoms with E-state index in [9.17, 15) is 10.2 Å². The van der Waals surface area contributed by atoms with Crippen LogP contribution >= 0.6 is 12.2 Å². The Labute approximate surface area is 89.7 Å². The molecule has 1 saturated heterocycles. The summed E-state index contributed by atoms with van der Waals surface area (Å²) in [6.45, 7) is 2.05. The highest BCUT2D eigenvalue weighted by Crippen LogP contribution is 2.10. The number of nitrogens with two attached hydrogens (primary N) is 1. The molecule has 1 rings (SSSR count). The molecule has 82 valence electrons. The van der Waals surface area contributed by atoms with Gasteiger partial charge in [-0.15, -0.1) is 0 Å². The molecule has 1 aliphatic heterocycles. The number of nitrogens with zero attached hydrogens (tertiary/aromatic N) is 1. The average Bonchev–Trinajstić information content (AvgIpc) is 2.40. The van der Waals surface area contributed by atoms with Crippen molar-refractivity contribution < 1.29 is 10.2 Å². The fraction of sp³-hybridized carbons (Fsp3) is 0.889. The smallest absolute Gasteiger partial charge is 0.0938 e. The Morgan fingerprint density at radius 2 is 1.86 bits per heavy atom. The maximum absolute atomic E-state index is 9.28. The lowest BCUT2D eigenvalue weighted by atomic mass is 10.2. The largest absolute Gasteiger partial charge is 0.393 e. The first-order valence-corrected chi connectivity index (χ1v) is 5.37. The van der Waals surface area contributed by atoms with Gasteiger partial charge < -0.3 is 15.9 Å². The number of likely N-dealkylation sites (tertiary alicyclic amines) is 1. The van der Waals surface area contributed by atoms with Crippen LogP contribution in [0, 0.1) is 0 Å². The number of aliphatic hydroxyl groups excluding tert-OH is 2. The summed E-state index contributed by atoms with van der Waals surface area (Å²) in [5.41, 5.74) is 5.37. The Balaban J connectivity index is 2.06. The lowest BCUT2D eigenvalue weighted by Crippen LogP contribution is -2.23. The van der Waals surface area contributed by atoms with Crippen LogP contribution in [0.25, 0.3) is 0 Å². The van der Waals surface area contributed by atoms with Gasteiger partial charge >= 0.3 is 0 Å². The zero-order valence-electron chi connectivity index (χ0n) is 8.22. The van der Waals surface area contributed by atoms with Gasteiger partial charge in [0.05, 0.1) is 17.2 Å². The van der Waals surface area contributed by atoms with Gasteiger partial charge in [0.25, 0.3) is 0 Å². The van der Waals surface area contributed by atoms with E-state index in [1.165, 1.54) is 0 Å². The number of thiocarbonyl (C=S) groups is 1. The van der Waals surface area contributed by atoms with Crippen molar-refractivity contribution in [3.8, 4) is 0 Å². The molecule has 2 unspecified atom stereocenters. The quantitative estimate of drug-likeness (QED) is 0.428. The van der Waals surface area contributed by atoms with Gasteiger partial charge in [-0.25, -0.2) is 0 Å². The maximum Gasteiger partial charge on any atom is 0.0938 e. The summed E-state index contributed by atoms with van der Waals surface area (Å²) < 4.78 is 0. The van der Waals surface area contributed by atoms with E-state index in [4.69, 9.17) is 18.0 Å². The second kappa shape index (κ2) is 5.60. The highest BCUT2D eigenvalue weighted by molar-refractivity contribution is 7.80. The second-order valence-corrected chi connectivity index (χ2v) is 4.34. The topological polar surface area (TPSA) is 69.7 Å². The molecule has 1 heterocycles. The second-order valence-electron chi connectivity index (χ2n) is 3.82. The Kier molecular flexibility index (Phi) is 4.74. The van der Waals surface area contributed by atoms with E-state index < -0.39 is 12.2 Å². The Hall–Kier alpha value is -0.230. The summed E-state index contributed by atoms with van der Waals surface area (Å²) in [4.78, 5) is 2.63. The van der Waals surface area contributed by atoms with Crippen molar-refractivity contribution in [2.45, 2.75) is 31.5 Å². The third-order valence-electron chi connectivity index (χ3n) is 2.48. The summed E-state index contributed by atoms with van der Waals surface area (Å²) in [5, 5.41) is 18.6. The monoisotopic (exact) mass is 218 g/mol. The molecule has 5 heteroatoms. The first kappa shape index (κ1) is 11.8. The molecule has 0 aromatic carbocycles. The molecule has 0 spiro atoms. The van der Waals surface area contributed by atoms with E-state index in [0.29, 0.717) is 18.1 Å². The van der Waals surface area contributed by atoms with Crippen molar-refractivity contribution >= 4 is 17.2 Å². The van der Waals surface area contributed by atoms with Gasteiger partial charge in [-0.1, -0.05) is 12.2 Å². The molecule has 0 radical (unpaired) electrons. The van der Waals surface area contributed by atoms with E-state index in [1.807, 2.05) is 0 Å². The molecule has 0 bridgehead atoms. The van der Waals surface area contributed by atoms with Crippen molar-refractivity contribution in [3.05, 3.63) is 0 Å². The predicted molar refractivity (Wildman–Crippen MR) is 59.1 cm³/mol. The molecule has 1 aliphatic rings. The van der Waals surface area contributed by atoms with Gasteiger partial charge in [0.2, 0.25) is 0 Å². The fourth-order valence-electron chi connectivity index (χ4n) is 1.66. The van der Waals surface area contributed by atoms with Crippen LogP contribution in [0.4, 0.5) is 0 Å². The van der Waals surface area contributed by atoms with Gasteiger partial charge in [0.15, 0.2) is 0 Å². The molecular weight excluding hydrogens is 200 g/mol. The molecule has 4 nitrogen and oxygen atoms in total. The van der Waals surface area contributed by atoms with Gasteiger partial charge in [-0.05, 0) is 25.8 Å². The molecule has 14 heavy (non-hydrogen) atoms. The molecular formula is C9H18N2O2S. The van der Waals surface area contributed by atoms with E-state index >= 15 is 0 Å². The van der Waals surface area contributed by atoms with Crippen LogP contribution in [0.2, 0.25) is 0 Å². The Bertz CT molecular complexity index is 191. The first-order chi connectivity index (χ1) is 6.59. The average molecular weight is 218 g/mol. The normalized spacial score (nSPS) is 28.1. The predicted octanol–water partition coefficient (Wildman–Crippen LogP) is -0.520. The highest BCUT2D eigenvalue weighted by atomic mass is 32.1. The number of β-amino-alcohol motifs (C(OH)–C–C–N with tert-alkyl or cyclic N) is 2. The van der Waals surface area contributed by atoms with Crippen molar-refractivity contribution in [2.75, 3.05) is 19.6 Å². The van der Waals surface area contributed by atoms with Crippen LogP contribution in [0.1, 0.15) is 19.3 Å². The van der Waals surface area contributed by atoms with Crippen LogP contribution in [-0.2, 0) is 0 Å².